The van der Waals surface area contributed by atoms with Gasteiger partial charge in [0.05, 0.1) is 0 Å². The zero-order valence-corrected chi connectivity index (χ0v) is 9.52. The maximum absolute atomic E-state index is 5.70. The van der Waals surface area contributed by atoms with Crippen LogP contribution in [0, 0.1) is 5.41 Å². The Morgan fingerprint density at radius 3 is 2.62 bits per heavy atom. The summed E-state index contributed by atoms with van der Waals surface area (Å²) in [5, 5.41) is 3.07. The Balaban J connectivity index is 2.81. The first-order valence-corrected chi connectivity index (χ1v) is 5.44. The Morgan fingerprint density at radius 1 is 1.54 bits per heavy atom. The van der Waals surface area contributed by atoms with Crippen LogP contribution in [0.3, 0.4) is 0 Å². The highest BCUT2D eigenvalue weighted by Crippen LogP contribution is 2.36. The average molecular weight is 199 g/mol. The molecule has 0 bridgehead atoms. The van der Waals surface area contributed by atoms with E-state index in [0.29, 0.717) is 0 Å². The van der Waals surface area contributed by atoms with Crippen LogP contribution in [0.5, 0.6) is 0 Å². The molecule has 0 aliphatic heterocycles. The topological polar surface area (TPSA) is 22.1 Å². The highest BCUT2D eigenvalue weighted by atomic mass is 32.1. The number of ether oxygens (including phenoxy) is 1. The Bertz CT molecular complexity index is 238. The fraction of sp³-hybridized carbons (Fsp3) is 0.700. The van der Waals surface area contributed by atoms with Gasteiger partial charge in [-0.15, -0.1) is 11.3 Å². The van der Waals surface area contributed by atoms with Gasteiger partial charge in [-0.2, -0.15) is 0 Å². The van der Waals surface area contributed by atoms with Crippen LogP contribution >= 0.6 is 11.3 Å². The molecule has 0 saturated carbocycles. The molecule has 0 aliphatic carbocycles. The second-order valence-electron chi connectivity index (χ2n) is 4.07. The van der Waals surface area contributed by atoms with Crippen LogP contribution in [0.2, 0.25) is 0 Å². The predicted molar refractivity (Wildman–Crippen MR) is 55.9 cm³/mol. The molecule has 1 rings (SSSR count). The van der Waals surface area contributed by atoms with Crippen LogP contribution in [0.15, 0.2) is 11.6 Å². The molecular weight excluding hydrogens is 182 g/mol. The number of thiazole rings is 1. The molecule has 1 aromatic rings. The van der Waals surface area contributed by atoms with Crippen molar-refractivity contribution in [2.45, 2.75) is 33.8 Å². The zero-order valence-electron chi connectivity index (χ0n) is 8.70. The summed E-state index contributed by atoms with van der Waals surface area (Å²) in [4.78, 5) is 4.30. The van der Waals surface area contributed by atoms with E-state index >= 15 is 0 Å². The molecule has 74 valence electrons. The van der Waals surface area contributed by atoms with E-state index in [1.807, 2.05) is 18.5 Å². The van der Waals surface area contributed by atoms with Crippen molar-refractivity contribution in [3.05, 3.63) is 16.6 Å². The molecule has 1 heterocycles. The zero-order chi connectivity index (χ0) is 9.90. The van der Waals surface area contributed by atoms with Crippen LogP contribution in [-0.2, 0) is 4.74 Å². The standard InChI is InChI=1S/C10H17NOS/c1-5-12-8(10(2,3)4)9-11-6-7-13-9/h6-8H,5H2,1-4H3. The van der Waals surface area contributed by atoms with Gasteiger partial charge in [0.15, 0.2) is 0 Å². The highest BCUT2D eigenvalue weighted by molar-refractivity contribution is 7.09. The number of nitrogens with zero attached hydrogens (tertiary/aromatic N) is 1. The second kappa shape index (κ2) is 4.20. The van der Waals surface area contributed by atoms with E-state index in [2.05, 4.69) is 25.8 Å². The van der Waals surface area contributed by atoms with E-state index in [9.17, 15) is 0 Å². The van der Waals surface area contributed by atoms with Gasteiger partial charge < -0.3 is 4.74 Å². The number of rotatable bonds is 3. The molecule has 0 amide bonds. The summed E-state index contributed by atoms with van der Waals surface area (Å²) in [5.74, 6) is 0. The summed E-state index contributed by atoms with van der Waals surface area (Å²) in [5.41, 5.74) is 0.119. The molecule has 1 atom stereocenters. The van der Waals surface area contributed by atoms with Gasteiger partial charge in [0.2, 0.25) is 0 Å². The molecule has 0 fully saturated rings. The molecule has 0 N–H and O–H groups in total. The molecule has 1 aromatic heterocycles. The molecule has 0 saturated heterocycles. The minimum Gasteiger partial charge on any atom is -0.371 e. The van der Waals surface area contributed by atoms with E-state index in [-0.39, 0.29) is 11.5 Å². The molecule has 13 heavy (non-hydrogen) atoms. The summed E-state index contributed by atoms with van der Waals surface area (Å²) in [6.07, 6.45) is 1.95. The SMILES string of the molecule is CCOC(c1nccs1)C(C)(C)C. The second-order valence-corrected chi connectivity index (χ2v) is 5.00. The molecule has 0 aromatic carbocycles. The van der Waals surface area contributed by atoms with Gasteiger partial charge in [0.25, 0.3) is 0 Å². The van der Waals surface area contributed by atoms with Crippen molar-refractivity contribution in [1.29, 1.82) is 0 Å². The van der Waals surface area contributed by atoms with Gasteiger partial charge in [-0.05, 0) is 12.3 Å². The van der Waals surface area contributed by atoms with E-state index in [1.54, 1.807) is 11.3 Å². The Hall–Kier alpha value is -0.410. The summed E-state index contributed by atoms with van der Waals surface area (Å²) >= 11 is 1.66. The number of hydrogen-bond donors (Lipinski definition) is 0. The monoisotopic (exact) mass is 199 g/mol. The maximum atomic E-state index is 5.70. The fourth-order valence-electron chi connectivity index (χ4n) is 1.22. The van der Waals surface area contributed by atoms with Crippen molar-refractivity contribution in [3.63, 3.8) is 0 Å². The number of hydrogen-bond acceptors (Lipinski definition) is 3. The van der Waals surface area contributed by atoms with Crippen molar-refractivity contribution in [3.8, 4) is 0 Å². The number of aromatic nitrogens is 1. The van der Waals surface area contributed by atoms with Crippen LogP contribution in [0.1, 0.15) is 38.8 Å². The van der Waals surface area contributed by atoms with Gasteiger partial charge in [-0.25, -0.2) is 4.98 Å². The molecule has 1 unspecified atom stereocenters. The van der Waals surface area contributed by atoms with Crippen molar-refractivity contribution in [2.24, 2.45) is 5.41 Å². The van der Waals surface area contributed by atoms with Crippen molar-refractivity contribution in [1.82, 2.24) is 4.98 Å². The highest BCUT2D eigenvalue weighted by Gasteiger charge is 2.28. The Labute approximate surface area is 84.0 Å². The smallest absolute Gasteiger partial charge is 0.122 e. The summed E-state index contributed by atoms with van der Waals surface area (Å²) in [7, 11) is 0. The van der Waals surface area contributed by atoms with Crippen LogP contribution in [0.4, 0.5) is 0 Å². The third kappa shape index (κ3) is 2.78. The lowest BCUT2D eigenvalue weighted by Crippen LogP contribution is -2.21. The predicted octanol–water partition coefficient (Wildman–Crippen LogP) is 3.27. The summed E-state index contributed by atoms with van der Waals surface area (Å²) in [6, 6.07) is 0. The van der Waals surface area contributed by atoms with Gasteiger partial charge >= 0.3 is 0 Å². The molecule has 0 radical (unpaired) electrons. The first kappa shape index (κ1) is 10.7. The molecule has 2 nitrogen and oxygen atoms in total. The van der Waals surface area contributed by atoms with E-state index in [1.165, 1.54) is 0 Å². The Morgan fingerprint density at radius 2 is 2.23 bits per heavy atom. The van der Waals surface area contributed by atoms with Crippen molar-refractivity contribution in [2.75, 3.05) is 6.61 Å². The lowest BCUT2D eigenvalue weighted by Gasteiger charge is -2.28. The molecule has 0 aliphatic rings. The maximum Gasteiger partial charge on any atom is 0.122 e. The van der Waals surface area contributed by atoms with E-state index < -0.39 is 0 Å². The lowest BCUT2D eigenvalue weighted by molar-refractivity contribution is -0.0133. The average Bonchev–Trinajstić information content (AvgIpc) is 2.49. The minimum absolute atomic E-state index is 0.119. The first-order valence-electron chi connectivity index (χ1n) is 4.56. The Kier molecular flexibility index (Phi) is 3.45. The third-order valence-electron chi connectivity index (χ3n) is 1.80. The van der Waals surface area contributed by atoms with Crippen LogP contribution < -0.4 is 0 Å². The molecule has 3 heteroatoms. The van der Waals surface area contributed by atoms with E-state index in [0.717, 1.165) is 11.6 Å². The molecule has 0 spiro atoms. The van der Waals surface area contributed by atoms with Crippen molar-refractivity contribution >= 4 is 11.3 Å². The van der Waals surface area contributed by atoms with Gasteiger partial charge in [0.1, 0.15) is 11.1 Å². The minimum atomic E-state index is 0.119. The van der Waals surface area contributed by atoms with E-state index in [4.69, 9.17) is 4.74 Å². The van der Waals surface area contributed by atoms with Gasteiger partial charge in [-0.3, -0.25) is 0 Å². The van der Waals surface area contributed by atoms with Gasteiger partial charge in [0, 0.05) is 18.2 Å². The molecular formula is C10H17NOS. The summed E-state index contributed by atoms with van der Waals surface area (Å²) < 4.78 is 5.70. The van der Waals surface area contributed by atoms with Gasteiger partial charge in [-0.1, -0.05) is 20.8 Å². The normalized spacial score (nSPS) is 14.5. The van der Waals surface area contributed by atoms with Crippen molar-refractivity contribution < 1.29 is 4.74 Å². The first-order chi connectivity index (χ1) is 6.05. The van der Waals surface area contributed by atoms with Crippen LogP contribution in [0.25, 0.3) is 0 Å². The largest absolute Gasteiger partial charge is 0.371 e. The fourth-order valence-corrected chi connectivity index (χ4v) is 2.15. The van der Waals surface area contributed by atoms with Crippen LogP contribution in [-0.4, -0.2) is 11.6 Å². The quantitative estimate of drug-likeness (QED) is 0.745. The third-order valence-corrected chi connectivity index (χ3v) is 2.61. The lowest BCUT2D eigenvalue weighted by atomic mass is 9.89. The summed E-state index contributed by atoms with van der Waals surface area (Å²) in [6.45, 7) is 9.28.